The van der Waals surface area contributed by atoms with Gasteiger partial charge in [-0.1, -0.05) is 6.07 Å². The molecule has 0 saturated heterocycles. The molecule has 1 rings (SSSR count). The number of hydrogen-bond donors (Lipinski definition) is 1. The van der Waals surface area contributed by atoms with E-state index >= 15 is 0 Å². The van der Waals surface area contributed by atoms with Crippen LogP contribution in [0, 0.1) is 6.92 Å². The van der Waals surface area contributed by atoms with Gasteiger partial charge in [-0.3, -0.25) is 4.79 Å². The van der Waals surface area contributed by atoms with Crippen LogP contribution in [0.3, 0.4) is 0 Å². The van der Waals surface area contributed by atoms with Gasteiger partial charge in [0.2, 0.25) is 0 Å². The first-order valence-corrected chi connectivity index (χ1v) is 5.87. The summed E-state index contributed by atoms with van der Waals surface area (Å²) in [6.07, 6.45) is -0.623. The number of aliphatic hydroxyl groups is 1. The van der Waals surface area contributed by atoms with Crippen LogP contribution in [-0.2, 0) is 0 Å². The van der Waals surface area contributed by atoms with Gasteiger partial charge in [0.1, 0.15) is 0 Å². The molecule has 1 aromatic rings. The van der Waals surface area contributed by atoms with Gasteiger partial charge >= 0.3 is 0 Å². The predicted octanol–water partition coefficient (Wildman–Crippen LogP) is 2.28. The summed E-state index contributed by atoms with van der Waals surface area (Å²) in [5.74, 6) is -0.0517. The van der Waals surface area contributed by atoms with E-state index in [2.05, 4.69) is 0 Å². The second-order valence-corrected chi connectivity index (χ2v) is 4.04. The second kappa shape index (κ2) is 5.82. The molecule has 17 heavy (non-hydrogen) atoms. The molecule has 0 aliphatic carbocycles. The quantitative estimate of drug-likeness (QED) is 0.866. The number of rotatable bonds is 4. The molecule has 1 unspecified atom stereocenters. The Kier molecular flexibility index (Phi) is 4.70. The van der Waals surface area contributed by atoms with E-state index in [-0.39, 0.29) is 5.91 Å². The van der Waals surface area contributed by atoms with Crippen LogP contribution in [0.2, 0.25) is 0 Å². The summed E-state index contributed by atoms with van der Waals surface area (Å²) in [4.78, 5) is 13.8. The fourth-order valence-corrected chi connectivity index (χ4v) is 1.73. The summed E-state index contributed by atoms with van der Waals surface area (Å²) in [6.45, 7) is 12.6. The summed E-state index contributed by atoms with van der Waals surface area (Å²) < 4.78 is 0. The molecule has 0 aromatic heterocycles. The third kappa shape index (κ3) is 3.30. The molecule has 0 heterocycles. The average molecular weight is 233 g/mol. The number of benzene rings is 1. The Bertz CT molecular complexity index is 395. The SMILES string of the molecule is [CH]c1cc(C(=O)N(CC)CC)cc(C(C)O)c1. The van der Waals surface area contributed by atoms with Crippen molar-refractivity contribution >= 4 is 5.91 Å². The van der Waals surface area contributed by atoms with Gasteiger partial charge in [-0.05, 0) is 51.0 Å². The lowest BCUT2D eigenvalue weighted by Crippen LogP contribution is -2.30. The summed E-state index contributed by atoms with van der Waals surface area (Å²) >= 11 is 0. The van der Waals surface area contributed by atoms with Crippen LogP contribution >= 0.6 is 0 Å². The smallest absolute Gasteiger partial charge is 0.253 e. The molecule has 3 heteroatoms. The minimum absolute atomic E-state index is 0.0517. The molecule has 1 atom stereocenters. The highest BCUT2D eigenvalue weighted by Crippen LogP contribution is 2.17. The van der Waals surface area contributed by atoms with Gasteiger partial charge in [0.05, 0.1) is 6.10 Å². The van der Waals surface area contributed by atoms with Crippen molar-refractivity contribution in [3.63, 3.8) is 0 Å². The third-order valence-electron chi connectivity index (χ3n) is 2.76. The molecular weight excluding hydrogens is 214 g/mol. The average Bonchev–Trinajstić information content (AvgIpc) is 2.29. The molecule has 0 aliphatic rings. The van der Waals surface area contributed by atoms with Gasteiger partial charge in [-0.25, -0.2) is 0 Å². The standard InChI is InChI=1S/C14H19NO2/c1-5-15(6-2)14(17)13-8-10(3)7-12(9-13)11(4)16/h3,7-9,11,16H,5-6H2,1-2,4H3. The molecular formula is C14H19NO2. The van der Waals surface area contributed by atoms with Crippen molar-refractivity contribution in [1.82, 2.24) is 4.90 Å². The van der Waals surface area contributed by atoms with Crippen LogP contribution in [-0.4, -0.2) is 29.0 Å². The van der Waals surface area contributed by atoms with Crippen LogP contribution in [0.15, 0.2) is 18.2 Å². The van der Waals surface area contributed by atoms with Gasteiger partial charge in [0, 0.05) is 18.7 Å². The maximum Gasteiger partial charge on any atom is 0.253 e. The Morgan fingerprint density at radius 3 is 2.41 bits per heavy atom. The molecule has 1 aromatic carbocycles. The maximum atomic E-state index is 12.1. The van der Waals surface area contributed by atoms with Gasteiger partial charge < -0.3 is 10.0 Å². The van der Waals surface area contributed by atoms with Crippen LogP contribution in [0.5, 0.6) is 0 Å². The Morgan fingerprint density at radius 1 is 1.35 bits per heavy atom. The lowest BCUT2D eigenvalue weighted by molar-refractivity contribution is 0.0772. The number of carbonyl (C=O) groups is 1. The predicted molar refractivity (Wildman–Crippen MR) is 67.7 cm³/mol. The molecule has 0 fully saturated rings. The largest absolute Gasteiger partial charge is 0.389 e. The molecule has 92 valence electrons. The third-order valence-corrected chi connectivity index (χ3v) is 2.76. The topological polar surface area (TPSA) is 40.5 Å². The molecule has 0 aliphatic heterocycles. The molecule has 1 N–H and O–H groups in total. The van der Waals surface area contributed by atoms with Crippen LogP contribution in [0.1, 0.15) is 48.4 Å². The van der Waals surface area contributed by atoms with Crippen molar-refractivity contribution in [3.8, 4) is 0 Å². The minimum Gasteiger partial charge on any atom is -0.389 e. The van der Waals surface area contributed by atoms with E-state index in [1.54, 1.807) is 30.0 Å². The summed E-state index contributed by atoms with van der Waals surface area (Å²) in [6, 6.07) is 5.03. The maximum absolute atomic E-state index is 12.1. The van der Waals surface area contributed by atoms with Crippen molar-refractivity contribution in [2.24, 2.45) is 0 Å². The minimum atomic E-state index is -0.623. The van der Waals surface area contributed by atoms with Crippen LogP contribution in [0.25, 0.3) is 0 Å². The first-order valence-electron chi connectivity index (χ1n) is 5.87. The van der Waals surface area contributed by atoms with Crippen molar-refractivity contribution in [2.75, 3.05) is 13.1 Å². The van der Waals surface area contributed by atoms with E-state index in [0.717, 1.165) is 0 Å². The fourth-order valence-electron chi connectivity index (χ4n) is 1.73. The summed E-state index contributed by atoms with van der Waals surface area (Å²) in [7, 11) is 0. The Morgan fingerprint density at radius 2 is 1.94 bits per heavy atom. The van der Waals surface area contributed by atoms with Crippen LogP contribution in [0.4, 0.5) is 0 Å². The van der Waals surface area contributed by atoms with E-state index in [9.17, 15) is 9.90 Å². The molecule has 1 amide bonds. The van der Waals surface area contributed by atoms with Gasteiger partial charge in [-0.15, -0.1) is 0 Å². The van der Waals surface area contributed by atoms with E-state index < -0.39 is 6.10 Å². The monoisotopic (exact) mass is 233 g/mol. The zero-order valence-corrected chi connectivity index (χ0v) is 10.6. The van der Waals surface area contributed by atoms with E-state index in [1.165, 1.54) is 0 Å². The fraction of sp³-hybridized carbons (Fsp3) is 0.429. The number of nitrogens with zero attached hydrogens (tertiary/aromatic N) is 1. The number of hydrogen-bond acceptors (Lipinski definition) is 2. The van der Waals surface area contributed by atoms with Gasteiger partial charge in [-0.2, -0.15) is 0 Å². The summed E-state index contributed by atoms with van der Waals surface area (Å²) in [5.41, 5.74) is 1.70. The Hall–Kier alpha value is -1.35. The van der Waals surface area contributed by atoms with E-state index in [4.69, 9.17) is 6.92 Å². The van der Waals surface area contributed by atoms with Crippen molar-refractivity contribution in [1.29, 1.82) is 0 Å². The first-order chi connectivity index (χ1) is 7.99. The lowest BCUT2D eigenvalue weighted by Gasteiger charge is -2.19. The van der Waals surface area contributed by atoms with Gasteiger partial charge in [0.25, 0.3) is 5.91 Å². The van der Waals surface area contributed by atoms with Crippen molar-refractivity contribution in [3.05, 3.63) is 41.8 Å². The highest BCUT2D eigenvalue weighted by Gasteiger charge is 2.14. The Labute approximate surface area is 103 Å². The van der Waals surface area contributed by atoms with Crippen molar-refractivity contribution in [2.45, 2.75) is 26.9 Å². The second-order valence-electron chi connectivity index (χ2n) is 4.04. The highest BCUT2D eigenvalue weighted by molar-refractivity contribution is 5.94. The molecule has 0 saturated carbocycles. The number of amides is 1. The van der Waals surface area contributed by atoms with Gasteiger partial charge in [0.15, 0.2) is 0 Å². The van der Waals surface area contributed by atoms with E-state index in [1.807, 2.05) is 13.8 Å². The van der Waals surface area contributed by atoms with Crippen molar-refractivity contribution < 1.29 is 9.90 Å². The molecule has 3 nitrogen and oxygen atoms in total. The molecule has 0 bridgehead atoms. The Balaban J connectivity index is 3.09. The highest BCUT2D eigenvalue weighted by atomic mass is 16.3. The number of carbonyl (C=O) groups excluding carboxylic acids is 1. The van der Waals surface area contributed by atoms with Crippen LogP contribution < -0.4 is 0 Å². The number of aliphatic hydroxyl groups excluding tert-OH is 1. The zero-order valence-electron chi connectivity index (χ0n) is 10.6. The molecule has 2 radical (unpaired) electrons. The molecule has 0 spiro atoms. The normalized spacial score (nSPS) is 12.3. The van der Waals surface area contributed by atoms with E-state index in [0.29, 0.717) is 29.8 Å². The first kappa shape index (κ1) is 13.7. The lowest BCUT2D eigenvalue weighted by atomic mass is 10.0. The zero-order chi connectivity index (χ0) is 13.0. The summed E-state index contributed by atoms with van der Waals surface area (Å²) in [5, 5.41) is 9.53.